The Labute approximate surface area is 116 Å². The van der Waals surface area contributed by atoms with E-state index in [2.05, 4.69) is 5.10 Å². The maximum atomic E-state index is 11.2. The first-order valence-electron chi connectivity index (χ1n) is 6.36. The Morgan fingerprint density at radius 2 is 1.85 bits per heavy atom. The molecule has 0 amide bonds. The van der Waals surface area contributed by atoms with Gasteiger partial charge in [-0.2, -0.15) is 5.10 Å². The maximum Gasteiger partial charge on any atom is 0.356 e. The summed E-state index contributed by atoms with van der Waals surface area (Å²) in [5.41, 5.74) is 5.17. The molecule has 0 saturated carbocycles. The summed E-state index contributed by atoms with van der Waals surface area (Å²) in [5.74, 6) is -1.02. The molecule has 3 rings (SSSR count). The van der Waals surface area contributed by atoms with Crippen molar-refractivity contribution < 1.29 is 9.90 Å². The zero-order valence-electron chi connectivity index (χ0n) is 11.3. The molecule has 1 N–H and O–H groups in total. The summed E-state index contributed by atoms with van der Waals surface area (Å²) < 4.78 is 1.62. The Bertz CT molecular complexity index is 798. The summed E-state index contributed by atoms with van der Waals surface area (Å²) >= 11 is 0. The van der Waals surface area contributed by atoms with E-state index in [0.717, 1.165) is 27.8 Å². The van der Waals surface area contributed by atoms with Crippen LogP contribution in [0, 0.1) is 13.8 Å². The second-order valence-electron chi connectivity index (χ2n) is 4.85. The summed E-state index contributed by atoms with van der Waals surface area (Å²) in [6.07, 6.45) is 1.76. The lowest BCUT2D eigenvalue weighted by Crippen LogP contribution is -2.06. The molecule has 2 heterocycles. The fourth-order valence-corrected chi connectivity index (χ4v) is 2.57. The highest BCUT2D eigenvalue weighted by Gasteiger charge is 2.15. The summed E-state index contributed by atoms with van der Waals surface area (Å²) in [6.45, 7) is 4.06. The average Bonchev–Trinajstić information content (AvgIpc) is 2.86. The van der Waals surface area contributed by atoms with Crippen molar-refractivity contribution in [3.05, 3.63) is 59.4 Å². The van der Waals surface area contributed by atoms with Gasteiger partial charge in [0.25, 0.3) is 0 Å². The van der Waals surface area contributed by atoms with E-state index in [1.807, 2.05) is 44.2 Å². The van der Waals surface area contributed by atoms with E-state index in [9.17, 15) is 9.90 Å². The van der Waals surface area contributed by atoms with E-state index >= 15 is 0 Å². The summed E-state index contributed by atoms with van der Waals surface area (Å²) in [4.78, 5) is 11.2. The van der Waals surface area contributed by atoms with Crippen LogP contribution in [-0.2, 0) is 0 Å². The van der Waals surface area contributed by atoms with Gasteiger partial charge in [-0.3, -0.25) is 0 Å². The zero-order chi connectivity index (χ0) is 14.3. The third-order valence-corrected chi connectivity index (χ3v) is 3.47. The van der Waals surface area contributed by atoms with Gasteiger partial charge in [-0.1, -0.05) is 18.2 Å². The Morgan fingerprint density at radius 1 is 1.15 bits per heavy atom. The predicted molar refractivity (Wildman–Crippen MR) is 77.1 cm³/mol. The Balaban J connectivity index is 2.40. The standard InChI is InChI=1S/C16H14N2O2/c1-10-5-3-6-11(2)15(10)12-9-13(16(19)20)17-18-8-4-7-14(12)18/h3-9H,1-2H3,(H,19,20). The summed E-state index contributed by atoms with van der Waals surface area (Å²) in [6, 6.07) is 11.5. The molecule has 0 aliphatic rings. The smallest absolute Gasteiger partial charge is 0.356 e. The van der Waals surface area contributed by atoms with Gasteiger partial charge in [0.1, 0.15) is 0 Å². The number of rotatable bonds is 2. The van der Waals surface area contributed by atoms with Crippen molar-refractivity contribution in [3.8, 4) is 11.1 Å². The first-order valence-corrected chi connectivity index (χ1v) is 6.36. The Kier molecular flexibility index (Phi) is 2.79. The third-order valence-electron chi connectivity index (χ3n) is 3.47. The van der Waals surface area contributed by atoms with Crippen molar-refractivity contribution >= 4 is 11.5 Å². The molecule has 0 fully saturated rings. The number of aryl methyl sites for hydroxylation is 2. The lowest BCUT2D eigenvalue weighted by atomic mass is 9.95. The number of aromatic carboxylic acids is 1. The second-order valence-corrected chi connectivity index (χ2v) is 4.85. The predicted octanol–water partition coefficient (Wildman–Crippen LogP) is 3.32. The number of nitrogens with zero attached hydrogens (tertiary/aromatic N) is 2. The van der Waals surface area contributed by atoms with Crippen molar-refractivity contribution in [2.75, 3.05) is 0 Å². The molecule has 4 heteroatoms. The quantitative estimate of drug-likeness (QED) is 0.774. The summed E-state index contributed by atoms with van der Waals surface area (Å²) in [5, 5.41) is 13.3. The molecular weight excluding hydrogens is 252 g/mol. The van der Waals surface area contributed by atoms with Crippen LogP contribution in [0.5, 0.6) is 0 Å². The zero-order valence-corrected chi connectivity index (χ0v) is 11.3. The molecule has 1 aromatic carbocycles. The van der Waals surface area contributed by atoms with Crippen LogP contribution >= 0.6 is 0 Å². The van der Waals surface area contributed by atoms with Gasteiger partial charge in [-0.25, -0.2) is 9.31 Å². The molecule has 0 aliphatic heterocycles. The normalized spacial score (nSPS) is 10.9. The molecule has 2 aromatic heterocycles. The van der Waals surface area contributed by atoms with Crippen LogP contribution < -0.4 is 0 Å². The van der Waals surface area contributed by atoms with E-state index in [4.69, 9.17) is 0 Å². The van der Waals surface area contributed by atoms with Crippen molar-refractivity contribution in [3.63, 3.8) is 0 Å². The molecule has 0 aliphatic carbocycles. The first kappa shape index (κ1) is 12.4. The summed E-state index contributed by atoms with van der Waals surface area (Å²) in [7, 11) is 0. The highest BCUT2D eigenvalue weighted by Crippen LogP contribution is 2.31. The molecule has 0 atom stereocenters. The van der Waals surface area contributed by atoms with Gasteiger partial charge in [0.05, 0.1) is 5.52 Å². The van der Waals surface area contributed by atoms with E-state index in [1.54, 1.807) is 16.8 Å². The molecule has 20 heavy (non-hydrogen) atoms. The van der Waals surface area contributed by atoms with E-state index < -0.39 is 5.97 Å². The van der Waals surface area contributed by atoms with Gasteiger partial charge in [0.15, 0.2) is 5.69 Å². The molecule has 0 spiro atoms. The van der Waals surface area contributed by atoms with Gasteiger partial charge in [-0.15, -0.1) is 0 Å². The largest absolute Gasteiger partial charge is 0.476 e. The lowest BCUT2D eigenvalue weighted by Gasteiger charge is -2.12. The molecule has 0 bridgehead atoms. The number of carboxylic acids is 1. The monoisotopic (exact) mass is 266 g/mol. The minimum atomic E-state index is -1.02. The fourth-order valence-electron chi connectivity index (χ4n) is 2.57. The molecule has 100 valence electrons. The SMILES string of the molecule is Cc1cccc(C)c1-c1cc(C(=O)O)nn2cccc12. The molecule has 0 saturated heterocycles. The van der Waals surface area contributed by atoms with Gasteiger partial charge in [0, 0.05) is 11.8 Å². The average molecular weight is 266 g/mol. The molecule has 0 unspecified atom stereocenters. The number of hydrogen-bond donors (Lipinski definition) is 1. The highest BCUT2D eigenvalue weighted by molar-refractivity contribution is 5.91. The van der Waals surface area contributed by atoms with E-state index in [1.165, 1.54) is 0 Å². The number of aromatic nitrogens is 2. The number of benzene rings is 1. The van der Waals surface area contributed by atoms with Crippen molar-refractivity contribution in [1.29, 1.82) is 0 Å². The lowest BCUT2D eigenvalue weighted by molar-refractivity contribution is 0.0689. The topological polar surface area (TPSA) is 54.6 Å². The minimum absolute atomic E-state index is 0.0475. The van der Waals surface area contributed by atoms with Crippen LogP contribution in [0.1, 0.15) is 21.6 Å². The van der Waals surface area contributed by atoms with Crippen LogP contribution in [0.25, 0.3) is 16.6 Å². The minimum Gasteiger partial charge on any atom is -0.476 e. The molecule has 4 nitrogen and oxygen atoms in total. The van der Waals surface area contributed by atoms with E-state index in [-0.39, 0.29) is 5.69 Å². The fraction of sp³-hybridized carbons (Fsp3) is 0.125. The first-order chi connectivity index (χ1) is 9.58. The van der Waals surface area contributed by atoms with Gasteiger partial charge < -0.3 is 5.11 Å². The molecule has 3 aromatic rings. The van der Waals surface area contributed by atoms with Crippen LogP contribution in [-0.4, -0.2) is 20.7 Å². The van der Waals surface area contributed by atoms with Gasteiger partial charge in [0.2, 0.25) is 0 Å². The van der Waals surface area contributed by atoms with Crippen molar-refractivity contribution in [1.82, 2.24) is 9.61 Å². The third kappa shape index (κ3) is 1.86. The molecular formula is C16H14N2O2. The number of carboxylic acid groups (broad SMARTS) is 1. The number of hydrogen-bond acceptors (Lipinski definition) is 2. The van der Waals surface area contributed by atoms with Crippen LogP contribution in [0.2, 0.25) is 0 Å². The van der Waals surface area contributed by atoms with Crippen molar-refractivity contribution in [2.24, 2.45) is 0 Å². The van der Waals surface area contributed by atoms with Crippen LogP contribution in [0.4, 0.5) is 0 Å². The number of fused-ring (bicyclic) bond motifs is 1. The van der Waals surface area contributed by atoms with Crippen LogP contribution in [0.3, 0.4) is 0 Å². The highest BCUT2D eigenvalue weighted by atomic mass is 16.4. The van der Waals surface area contributed by atoms with Crippen molar-refractivity contribution in [2.45, 2.75) is 13.8 Å². The van der Waals surface area contributed by atoms with Crippen LogP contribution in [0.15, 0.2) is 42.6 Å². The molecule has 0 radical (unpaired) electrons. The van der Waals surface area contributed by atoms with Gasteiger partial charge in [-0.05, 0) is 48.7 Å². The second kappa shape index (κ2) is 4.49. The van der Waals surface area contributed by atoms with Gasteiger partial charge >= 0.3 is 5.97 Å². The Hall–Kier alpha value is -2.62. The number of carbonyl (C=O) groups is 1. The van der Waals surface area contributed by atoms with E-state index in [0.29, 0.717) is 0 Å². The maximum absolute atomic E-state index is 11.2. The Morgan fingerprint density at radius 3 is 2.50 bits per heavy atom.